The Bertz CT molecular complexity index is 444. The molecule has 7 heteroatoms. The van der Waals surface area contributed by atoms with Gasteiger partial charge in [0.1, 0.15) is 24.3 Å². The molecule has 98 valence electrons. The second kappa shape index (κ2) is 5.95. The van der Waals surface area contributed by atoms with Crippen LogP contribution in [-0.4, -0.2) is 23.2 Å². The fraction of sp³-hybridized carbons (Fsp3) is 0.273. The summed E-state index contributed by atoms with van der Waals surface area (Å²) in [5, 5.41) is 10.5. The van der Waals surface area contributed by atoms with Crippen molar-refractivity contribution in [3.8, 4) is 0 Å². The van der Waals surface area contributed by atoms with E-state index in [-0.39, 0.29) is 0 Å². The Labute approximate surface area is 101 Å². The minimum absolute atomic E-state index is 0.393. The molecule has 0 saturated heterocycles. The van der Waals surface area contributed by atoms with Gasteiger partial charge in [-0.1, -0.05) is 6.07 Å². The maximum absolute atomic E-state index is 13.1. The lowest BCUT2D eigenvalue weighted by Gasteiger charge is -2.10. The number of hydrogen-bond acceptors (Lipinski definition) is 3. The molecule has 18 heavy (non-hydrogen) atoms. The molecule has 0 bridgehead atoms. The standard InChI is InChI=1S/C11H11F2NO4/c1-6(10(15)16)14-11(17)18-5-7-8(12)3-2-4-9(7)13/h2-4,6H,5H2,1H3,(H,14,17)(H,15,16). The number of rotatable bonds is 4. The normalized spacial score (nSPS) is 11.7. The van der Waals surface area contributed by atoms with Crippen LogP contribution in [0.1, 0.15) is 12.5 Å². The van der Waals surface area contributed by atoms with Gasteiger partial charge in [-0.15, -0.1) is 0 Å². The van der Waals surface area contributed by atoms with Gasteiger partial charge in [0.15, 0.2) is 0 Å². The number of carboxylic acid groups (broad SMARTS) is 1. The summed E-state index contributed by atoms with van der Waals surface area (Å²) in [6, 6.07) is 2.09. The lowest BCUT2D eigenvalue weighted by atomic mass is 10.2. The Hall–Kier alpha value is -2.18. The number of hydrogen-bond donors (Lipinski definition) is 2. The first-order chi connectivity index (χ1) is 8.41. The summed E-state index contributed by atoms with van der Waals surface area (Å²) in [5.74, 6) is -2.92. The fourth-order valence-electron chi connectivity index (χ4n) is 1.09. The fourth-order valence-corrected chi connectivity index (χ4v) is 1.09. The number of amides is 1. The molecular formula is C11H11F2NO4. The Morgan fingerprint density at radius 2 is 1.94 bits per heavy atom. The van der Waals surface area contributed by atoms with Crippen molar-refractivity contribution in [3.05, 3.63) is 35.4 Å². The zero-order chi connectivity index (χ0) is 13.7. The zero-order valence-corrected chi connectivity index (χ0v) is 9.44. The summed E-state index contributed by atoms with van der Waals surface area (Å²) >= 11 is 0. The summed E-state index contributed by atoms with van der Waals surface area (Å²) in [7, 11) is 0. The highest BCUT2D eigenvalue weighted by Gasteiger charge is 2.16. The van der Waals surface area contributed by atoms with Crippen molar-refractivity contribution < 1.29 is 28.2 Å². The number of carboxylic acids is 1. The first kappa shape index (κ1) is 13.9. The first-order valence-electron chi connectivity index (χ1n) is 5.00. The van der Waals surface area contributed by atoms with Crippen molar-refractivity contribution in [3.63, 3.8) is 0 Å². The number of ether oxygens (including phenoxy) is 1. The molecule has 0 fully saturated rings. The number of alkyl carbamates (subject to hydrolysis) is 1. The molecule has 1 atom stereocenters. The minimum Gasteiger partial charge on any atom is -0.480 e. The first-order valence-corrected chi connectivity index (χ1v) is 5.00. The number of aliphatic carboxylic acids is 1. The van der Waals surface area contributed by atoms with Gasteiger partial charge in [0.2, 0.25) is 0 Å². The average molecular weight is 259 g/mol. The number of nitrogens with one attached hydrogen (secondary N) is 1. The zero-order valence-electron chi connectivity index (χ0n) is 9.44. The molecule has 0 aromatic heterocycles. The molecule has 1 rings (SSSR count). The van der Waals surface area contributed by atoms with Crippen molar-refractivity contribution in [2.75, 3.05) is 0 Å². The third-order valence-electron chi connectivity index (χ3n) is 2.11. The van der Waals surface area contributed by atoms with Crippen molar-refractivity contribution in [1.29, 1.82) is 0 Å². The summed E-state index contributed by atoms with van der Waals surface area (Å²) in [4.78, 5) is 21.5. The molecule has 0 aliphatic carbocycles. The summed E-state index contributed by atoms with van der Waals surface area (Å²) in [5.41, 5.74) is -0.393. The average Bonchev–Trinajstić information content (AvgIpc) is 2.28. The Morgan fingerprint density at radius 3 is 2.44 bits per heavy atom. The van der Waals surface area contributed by atoms with Gasteiger partial charge in [-0.05, 0) is 19.1 Å². The van der Waals surface area contributed by atoms with Crippen molar-refractivity contribution in [2.45, 2.75) is 19.6 Å². The predicted molar refractivity (Wildman–Crippen MR) is 56.8 cm³/mol. The predicted octanol–water partition coefficient (Wildman–Crippen LogP) is 1.66. The molecule has 1 aromatic carbocycles. The topological polar surface area (TPSA) is 75.6 Å². The van der Waals surface area contributed by atoms with Crippen LogP contribution in [0.2, 0.25) is 0 Å². The Morgan fingerprint density at radius 1 is 1.39 bits per heavy atom. The molecule has 5 nitrogen and oxygen atoms in total. The lowest BCUT2D eigenvalue weighted by molar-refractivity contribution is -0.138. The van der Waals surface area contributed by atoms with E-state index in [1.807, 2.05) is 5.32 Å². The van der Waals surface area contributed by atoms with E-state index in [0.29, 0.717) is 0 Å². The minimum atomic E-state index is -1.25. The maximum Gasteiger partial charge on any atom is 0.408 e. The van der Waals surface area contributed by atoms with Crippen LogP contribution in [0, 0.1) is 11.6 Å². The Balaban J connectivity index is 2.55. The lowest BCUT2D eigenvalue weighted by Crippen LogP contribution is -2.38. The number of benzene rings is 1. The quantitative estimate of drug-likeness (QED) is 0.862. The van der Waals surface area contributed by atoms with Crippen LogP contribution < -0.4 is 5.32 Å². The van der Waals surface area contributed by atoms with E-state index >= 15 is 0 Å². The highest BCUT2D eigenvalue weighted by atomic mass is 19.1. The van der Waals surface area contributed by atoms with Crippen LogP contribution in [0.3, 0.4) is 0 Å². The maximum atomic E-state index is 13.1. The van der Waals surface area contributed by atoms with Crippen molar-refractivity contribution in [2.24, 2.45) is 0 Å². The number of carbonyl (C=O) groups excluding carboxylic acids is 1. The molecule has 0 aliphatic rings. The van der Waals surface area contributed by atoms with Crippen LogP contribution >= 0.6 is 0 Å². The van der Waals surface area contributed by atoms with E-state index in [1.54, 1.807) is 0 Å². The van der Waals surface area contributed by atoms with E-state index in [0.717, 1.165) is 12.1 Å². The van der Waals surface area contributed by atoms with Gasteiger partial charge in [-0.25, -0.2) is 13.6 Å². The van der Waals surface area contributed by atoms with Crippen LogP contribution in [0.5, 0.6) is 0 Å². The van der Waals surface area contributed by atoms with E-state index in [9.17, 15) is 18.4 Å². The van der Waals surface area contributed by atoms with Crippen LogP contribution in [0.4, 0.5) is 13.6 Å². The smallest absolute Gasteiger partial charge is 0.408 e. The number of halogens is 2. The molecular weight excluding hydrogens is 248 g/mol. The van der Waals surface area contributed by atoms with E-state index in [2.05, 4.69) is 4.74 Å². The van der Waals surface area contributed by atoms with Gasteiger partial charge >= 0.3 is 12.1 Å². The summed E-state index contributed by atoms with van der Waals surface area (Å²) in [6.45, 7) is 0.615. The molecule has 0 radical (unpaired) electrons. The van der Waals surface area contributed by atoms with Crippen LogP contribution in [0.15, 0.2) is 18.2 Å². The van der Waals surface area contributed by atoms with E-state index < -0.39 is 41.9 Å². The third-order valence-corrected chi connectivity index (χ3v) is 2.11. The molecule has 2 N–H and O–H groups in total. The van der Waals surface area contributed by atoms with Crippen molar-refractivity contribution >= 4 is 12.1 Å². The highest BCUT2D eigenvalue weighted by molar-refractivity contribution is 5.79. The monoisotopic (exact) mass is 259 g/mol. The van der Waals surface area contributed by atoms with E-state index in [1.165, 1.54) is 13.0 Å². The third kappa shape index (κ3) is 3.69. The molecule has 0 aliphatic heterocycles. The van der Waals surface area contributed by atoms with Gasteiger partial charge in [-0.3, -0.25) is 4.79 Å². The second-order valence-electron chi connectivity index (χ2n) is 3.48. The van der Waals surface area contributed by atoms with Gasteiger partial charge in [0.05, 0.1) is 5.56 Å². The van der Waals surface area contributed by atoms with Gasteiger partial charge in [0, 0.05) is 0 Å². The highest BCUT2D eigenvalue weighted by Crippen LogP contribution is 2.12. The molecule has 0 saturated carbocycles. The van der Waals surface area contributed by atoms with Gasteiger partial charge in [0.25, 0.3) is 0 Å². The number of carbonyl (C=O) groups is 2. The molecule has 1 amide bonds. The van der Waals surface area contributed by atoms with Crippen LogP contribution in [0.25, 0.3) is 0 Å². The van der Waals surface area contributed by atoms with Crippen LogP contribution in [-0.2, 0) is 16.1 Å². The van der Waals surface area contributed by atoms with Crippen molar-refractivity contribution in [1.82, 2.24) is 5.32 Å². The summed E-state index contributed by atoms with van der Waals surface area (Å²) < 4.78 is 30.8. The second-order valence-corrected chi connectivity index (χ2v) is 3.48. The Kier molecular flexibility index (Phi) is 4.59. The largest absolute Gasteiger partial charge is 0.480 e. The SMILES string of the molecule is CC(NC(=O)OCc1c(F)cccc1F)C(=O)O. The van der Waals surface area contributed by atoms with Gasteiger partial charge < -0.3 is 15.2 Å². The summed E-state index contributed by atoms with van der Waals surface area (Å²) in [6.07, 6.45) is -1.06. The van der Waals surface area contributed by atoms with Gasteiger partial charge in [-0.2, -0.15) is 0 Å². The molecule has 1 unspecified atom stereocenters. The molecule has 1 aromatic rings. The van der Waals surface area contributed by atoms with E-state index in [4.69, 9.17) is 5.11 Å². The molecule has 0 spiro atoms. The molecule has 0 heterocycles.